The van der Waals surface area contributed by atoms with E-state index in [2.05, 4.69) is 29.0 Å². The molecule has 1 saturated heterocycles. The Bertz CT molecular complexity index is 1280. The van der Waals surface area contributed by atoms with Crippen molar-refractivity contribution in [2.45, 2.75) is 57.5 Å². The minimum Gasteiger partial charge on any atom is -0.383 e. The van der Waals surface area contributed by atoms with Crippen LogP contribution in [0, 0.1) is 11.6 Å². The molecule has 1 aliphatic rings. The van der Waals surface area contributed by atoms with E-state index in [1.54, 1.807) is 6.20 Å². The summed E-state index contributed by atoms with van der Waals surface area (Å²) in [5.74, 6) is -1.89. The van der Waals surface area contributed by atoms with Gasteiger partial charge >= 0.3 is 0 Å². The largest absolute Gasteiger partial charge is 0.383 e. The molecule has 0 radical (unpaired) electrons. The number of nitrogens with zero attached hydrogens (tertiary/aromatic N) is 2. The number of benzene rings is 2. The molecule has 1 fully saturated rings. The predicted octanol–water partition coefficient (Wildman–Crippen LogP) is 4.20. The third kappa shape index (κ3) is 6.05. The normalized spacial score (nSPS) is 16.2. The Morgan fingerprint density at radius 1 is 1.11 bits per heavy atom. The SMILES string of the molecule is CC1(C)CCCN1CC(=O)N[C@@H](Cc1ccc(F)c(F)c1)C(=O)CCc1ccc2c(N)nccc2c1. The molecular weight excluding hydrogens is 462 g/mol. The number of halogens is 2. The summed E-state index contributed by atoms with van der Waals surface area (Å²) in [5, 5.41) is 4.65. The average molecular weight is 495 g/mol. The van der Waals surface area contributed by atoms with Crippen molar-refractivity contribution in [3.63, 3.8) is 0 Å². The van der Waals surface area contributed by atoms with Gasteiger partial charge in [-0.15, -0.1) is 0 Å². The van der Waals surface area contributed by atoms with Crippen molar-refractivity contribution in [3.05, 3.63) is 71.4 Å². The van der Waals surface area contributed by atoms with Crippen LogP contribution in [0.15, 0.2) is 48.7 Å². The van der Waals surface area contributed by atoms with E-state index in [4.69, 9.17) is 5.73 Å². The molecule has 1 atom stereocenters. The maximum atomic E-state index is 13.8. The highest BCUT2D eigenvalue weighted by Crippen LogP contribution is 2.27. The highest BCUT2D eigenvalue weighted by molar-refractivity contribution is 5.92. The third-order valence-corrected chi connectivity index (χ3v) is 7.07. The van der Waals surface area contributed by atoms with Crippen LogP contribution < -0.4 is 11.1 Å². The van der Waals surface area contributed by atoms with Crippen molar-refractivity contribution in [1.29, 1.82) is 0 Å². The van der Waals surface area contributed by atoms with Crippen LogP contribution in [0.4, 0.5) is 14.6 Å². The zero-order valence-corrected chi connectivity index (χ0v) is 20.7. The number of nitrogen functional groups attached to an aromatic ring is 1. The molecule has 1 amide bonds. The summed E-state index contributed by atoms with van der Waals surface area (Å²) in [6, 6.07) is 10.3. The molecule has 8 heteroatoms. The lowest BCUT2D eigenvalue weighted by Crippen LogP contribution is -2.49. The van der Waals surface area contributed by atoms with Crippen LogP contribution >= 0.6 is 0 Å². The van der Waals surface area contributed by atoms with Gasteiger partial charge in [0, 0.05) is 23.5 Å². The molecular formula is C28H32F2N4O2. The van der Waals surface area contributed by atoms with E-state index in [1.165, 1.54) is 6.07 Å². The van der Waals surface area contributed by atoms with Crippen LogP contribution in [0.25, 0.3) is 10.8 Å². The van der Waals surface area contributed by atoms with Gasteiger partial charge in [0.2, 0.25) is 5.91 Å². The number of carbonyl (C=O) groups is 2. The number of pyridine rings is 1. The number of hydrogen-bond donors (Lipinski definition) is 2. The number of nitrogens with two attached hydrogens (primary N) is 1. The van der Waals surface area contributed by atoms with E-state index < -0.39 is 17.7 Å². The van der Waals surface area contributed by atoms with Gasteiger partial charge in [0.15, 0.2) is 17.4 Å². The Balaban J connectivity index is 1.47. The molecule has 36 heavy (non-hydrogen) atoms. The number of rotatable bonds is 9. The van der Waals surface area contributed by atoms with Gasteiger partial charge in [-0.3, -0.25) is 14.5 Å². The van der Waals surface area contributed by atoms with E-state index in [9.17, 15) is 18.4 Å². The van der Waals surface area contributed by atoms with Crippen molar-refractivity contribution in [2.75, 3.05) is 18.8 Å². The maximum Gasteiger partial charge on any atom is 0.234 e. The summed E-state index contributed by atoms with van der Waals surface area (Å²) in [5.41, 5.74) is 7.25. The molecule has 190 valence electrons. The molecule has 2 aromatic carbocycles. The molecule has 0 aliphatic carbocycles. The summed E-state index contributed by atoms with van der Waals surface area (Å²) in [6.07, 6.45) is 4.42. The second kappa shape index (κ2) is 10.7. The fraction of sp³-hybridized carbons (Fsp3) is 0.393. The summed E-state index contributed by atoms with van der Waals surface area (Å²) in [7, 11) is 0. The van der Waals surface area contributed by atoms with Crippen molar-refractivity contribution in [1.82, 2.24) is 15.2 Å². The van der Waals surface area contributed by atoms with Crippen LogP contribution in [0.1, 0.15) is 44.2 Å². The maximum absolute atomic E-state index is 13.8. The summed E-state index contributed by atoms with van der Waals surface area (Å²) in [6.45, 7) is 5.22. The molecule has 2 heterocycles. The number of fused-ring (bicyclic) bond motifs is 1. The first-order valence-corrected chi connectivity index (χ1v) is 12.3. The van der Waals surface area contributed by atoms with Crippen molar-refractivity contribution < 1.29 is 18.4 Å². The summed E-state index contributed by atoms with van der Waals surface area (Å²) < 4.78 is 27.2. The molecule has 0 unspecified atom stereocenters. The van der Waals surface area contributed by atoms with Gasteiger partial charge in [0.1, 0.15) is 5.82 Å². The van der Waals surface area contributed by atoms with E-state index in [1.807, 2.05) is 24.3 Å². The van der Waals surface area contributed by atoms with Crippen LogP contribution in [0.3, 0.4) is 0 Å². The lowest BCUT2D eigenvalue weighted by atomic mass is 9.96. The number of hydrogen-bond acceptors (Lipinski definition) is 5. The quantitative estimate of drug-likeness (QED) is 0.466. The zero-order valence-electron chi connectivity index (χ0n) is 20.7. The number of anilines is 1. The number of Topliss-reactive ketones (excluding diaryl/α,β-unsaturated/α-hetero) is 1. The van der Waals surface area contributed by atoms with E-state index in [0.717, 1.165) is 47.9 Å². The molecule has 0 bridgehead atoms. The van der Waals surface area contributed by atoms with Crippen molar-refractivity contribution in [2.24, 2.45) is 0 Å². The van der Waals surface area contributed by atoms with Gasteiger partial charge in [0.25, 0.3) is 0 Å². The molecule has 1 aromatic heterocycles. The van der Waals surface area contributed by atoms with Gasteiger partial charge in [0.05, 0.1) is 12.6 Å². The number of ketones is 1. The second-order valence-corrected chi connectivity index (χ2v) is 10.1. The predicted molar refractivity (Wildman–Crippen MR) is 136 cm³/mol. The molecule has 3 N–H and O–H groups in total. The molecule has 3 aromatic rings. The Morgan fingerprint density at radius 3 is 2.61 bits per heavy atom. The van der Waals surface area contributed by atoms with Crippen LogP contribution in [0.2, 0.25) is 0 Å². The minimum atomic E-state index is -0.978. The molecule has 1 aliphatic heterocycles. The molecule has 4 rings (SSSR count). The molecule has 0 spiro atoms. The lowest BCUT2D eigenvalue weighted by molar-refractivity contribution is -0.129. The van der Waals surface area contributed by atoms with Crippen LogP contribution in [-0.2, 0) is 22.4 Å². The van der Waals surface area contributed by atoms with Crippen molar-refractivity contribution >= 4 is 28.3 Å². The smallest absolute Gasteiger partial charge is 0.234 e. The highest BCUT2D eigenvalue weighted by atomic mass is 19.2. The first kappa shape index (κ1) is 25.7. The van der Waals surface area contributed by atoms with E-state index in [-0.39, 0.29) is 36.6 Å². The first-order valence-electron chi connectivity index (χ1n) is 12.3. The Labute approximate surface area is 209 Å². The summed E-state index contributed by atoms with van der Waals surface area (Å²) >= 11 is 0. The standard InChI is InChI=1S/C28H32F2N4O2/c1-28(2)11-3-13-34(28)17-26(36)33-24(16-19-5-8-22(29)23(30)15-19)25(35)9-6-18-4-7-21-20(14-18)10-12-32-27(21)31/h4-5,7-8,10,12,14-15,24H,3,6,9,11,13,16-17H2,1-2H3,(H2,31,32)(H,33,36)/t24-/m0/s1. The minimum absolute atomic E-state index is 0.0775. The zero-order chi connectivity index (χ0) is 25.9. The third-order valence-electron chi connectivity index (χ3n) is 7.07. The fourth-order valence-corrected chi connectivity index (χ4v) is 4.87. The van der Waals surface area contributed by atoms with Crippen LogP contribution in [-0.4, -0.2) is 46.2 Å². The average Bonchev–Trinajstić information content (AvgIpc) is 3.16. The van der Waals surface area contributed by atoms with Crippen LogP contribution in [0.5, 0.6) is 0 Å². The highest BCUT2D eigenvalue weighted by Gasteiger charge is 2.33. The van der Waals surface area contributed by atoms with Gasteiger partial charge in [-0.1, -0.05) is 24.3 Å². The number of aromatic nitrogens is 1. The van der Waals surface area contributed by atoms with Gasteiger partial charge < -0.3 is 11.1 Å². The van der Waals surface area contributed by atoms with Gasteiger partial charge in [-0.05, 0) is 80.8 Å². The lowest BCUT2D eigenvalue weighted by Gasteiger charge is -2.31. The number of aryl methyl sites for hydroxylation is 1. The Hall–Kier alpha value is -3.39. The number of nitrogens with one attached hydrogen (secondary N) is 1. The Morgan fingerprint density at radius 2 is 1.89 bits per heavy atom. The number of amides is 1. The first-order chi connectivity index (χ1) is 17.1. The van der Waals surface area contributed by atoms with Crippen molar-refractivity contribution in [3.8, 4) is 0 Å². The Kier molecular flexibility index (Phi) is 7.64. The van der Waals surface area contributed by atoms with Gasteiger partial charge in [-0.2, -0.15) is 0 Å². The number of carbonyl (C=O) groups excluding carboxylic acids is 2. The topological polar surface area (TPSA) is 88.3 Å². The molecule has 0 saturated carbocycles. The van der Waals surface area contributed by atoms with E-state index >= 15 is 0 Å². The summed E-state index contributed by atoms with van der Waals surface area (Å²) in [4.78, 5) is 32.4. The molecule has 6 nitrogen and oxygen atoms in total. The van der Waals surface area contributed by atoms with Gasteiger partial charge in [-0.25, -0.2) is 13.8 Å². The monoisotopic (exact) mass is 494 g/mol. The fourth-order valence-electron chi connectivity index (χ4n) is 4.87. The van der Waals surface area contributed by atoms with E-state index in [0.29, 0.717) is 17.8 Å². The number of likely N-dealkylation sites (tertiary alicyclic amines) is 1. The second-order valence-electron chi connectivity index (χ2n) is 10.1.